The first-order valence-corrected chi connectivity index (χ1v) is 9.15. The molecule has 25 heavy (non-hydrogen) atoms. The Morgan fingerprint density at radius 2 is 1.72 bits per heavy atom. The van der Waals surface area contributed by atoms with Crippen LogP contribution in [0.1, 0.15) is 11.1 Å². The quantitative estimate of drug-likeness (QED) is 0.741. The van der Waals surface area contributed by atoms with E-state index in [1.54, 1.807) is 11.8 Å². The zero-order valence-electron chi connectivity index (χ0n) is 13.7. The van der Waals surface area contributed by atoms with E-state index in [0.717, 1.165) is 11.3 Å². The Hall–Kier alpha value is -2.47. The zero-order valence-corrected chi connectivity index (χ0v) is 14.5. The number of nitrogens with zero attached hydrogens (tertiary/aromatic N) is 1. The fourth-order valence-electron chi connectivity index (χ4n) is 2.45. The van der Waals surface area contributed by atoms with E-state index in [4.69, 9.17) is 9.47 Å². The molecule has 0 aliphatic carbocycles. The molecule has 0 spiro atoms. The van der Waals surface area contributed by atoms with Gasteiger partial charge in [-0.1, -0.05) is 60.7 Å². The molecule has 6 heteroatoms. The molecule has 1 amide bonds. The van der Waals surface area contributed by atoms with Crippen molar-refractivity contribution < 1.29 is 19.1 Å². The van der Waals surface area contributed by atoms with Crippen LogP contribution >= 0.6 is 11.8 Å². The summed E-state index contributed by atoms with van der Waals surface area (Å²) < 4.78 is 10.3. The highest BCUT2D eigenvalue weighted by Gasteiger charge is 2.38. The third-order valence-electron chi connectivity index (χ3n) is 3.82. The van der Waals surface area contributed by atoms with Crippen LogP contribution in [0.2, 0.25) is 0 Å². The Balaban J connectivity index is 1.51. The summed E-state index contributed by atoms with van der Waals surface area (Å²) in [5.74, 6) is 0.878. The minimum Gasteiger partial charge on any atom is -0.444 e. The van der Waals surface area contributed by atoms with Crippen LogP contribution in [-0.2, 0) is 26.6 Å². The van der Waals surface area contributed by atoms with Crippen LogP contribution in [0.4, 0.5) is 4.79 Å². The van der Waals surface area contributed by atoms with Gasteiger partial charge in [0.05, 0.1) is 0 Å². The maximum atomic E-state index is 12.3. The smallest absolute Gasteiger partial charge is 0.413 e. The molecule has 0 bridgehead atoms. The summed E-state index contributed by atoms with van der Waals surface area (Å²) in [5, 5.41) is 0. The molecule has 0 radical (unpaired) electrons. The first-order chi connectivity index (χ1) is 12.2. The number of cyclic esters (lactones) is 1. The highest BCUT2D eigenvalue weighted by Crippen LogP contribution is 2.20. The molecule has 5 nitrogen and oxygen atoms in total. The maximum absolute atomic E-state index is 12.3. The van der Waals surface area contributed by atoms with E-state index in [1.807, 2.05) is 60.7 Å². The second-order valence-electron chi connectivity index (χ2n) is 5.62. The number of hydrogen-bond acceptors (Lipinski definition) is 5. The third-order valence-corrected chi connectivity index (χ3v) is 4.91. The van der Waals surface area contributed by atoms with Crippen molar-refractivity contribution in [1.82, 2.24) is 4.90 Å². The molecule has 3 rings (SSSR count). The summed E-state index contributed by atoms with van der Waals surface area (Å²) in [6.45, 7) is 0.122. The van der Waals surface area contributed by atoms with Crippen molar-refractivity contribution in [2.24, 2.45) is 0 Å². The Morgan fingerprint density at radius 1 is 1.08 bits per heavy atom. The van der Waals surface area contributed by atoms with Crippen LogP contribution in [0.5, 0.6) is 0 Å². The van der Waals surface area contributed by atoms with Crippen molar-refractivity contribution in [3.8, 4) is 0 Å². The van der Waals surface area contributed by atoms with Gasteiger partial charge in [0.25, 0.3) is 0 Å². The summed E-state index contributed by atoms with van der Waals surface area (Å²) in [6, 6.07) is 18.8. The Kier molecular flexibility index (Phi) is 5.95. The Bertz CT molecular complexity index is 708. The monoisotopic (exact) mass is 357 g/mol. The molecule has 1 aliphatic rings. The number of carbonyl (C=O) groups is 2. The van der Waals surface area contributed by atoms with Crippen molar-refractivity contribution in [1.29, 1.82) is 0 Å². The SMILES string of the molecule is O=C1OCN(C(=O)OCc2ccccc2)[C@H]1CSCc1ccccc1. The molecule has 1 saturated heterocycles. The van der Waals surface area contributed by atoms with Gasteiger partial charge in [-0.15, -0.1) is 0 Å². The highest BCUT2D eigenvalue weighted by molar-refractivity contribution is 7.98. The molecule has 1 heterocycles. The summed E-state index contributed by atoms with van der Waals surface area (Å²) in [6.07, 6.45) is -0.528. The molecule has 2 aromatic rings. The number of rotatable bonds is 6. The standard InChI is InChI=1S/C19H19NO4S/c21-18-17(13-25-12-16-9-5-2-6-10-16)20(14-24-18)19(22)23-11-15-7-3-1-4-8-15/h1-10,17H,11-14H2/t17-/m0/s1. The fourth-order valence-corrected chi connectivity index (χ4v) is 3.53. The number of hydrogen-bond donors (Lipinski definition) is 0. The molecule has 0 N–H and O–H groups in total. The van der Waals surface area contributed by atoms with Gasteiger partial charge in [-0.2, -0.15) is 11.8 Å². The lowest BCUT2D eigenvalue weighted by atomic mass is 10.2. The van der Waals surface area contributed by atoms with E-state index in [0.29, 0.717) is 5.75 Å². The van der Waals surface area contributed by atoms with Crippen molar-refractivity contribution in [3.05, 3.63) is 71.8 Å². The first-order valence-electron chi connectivity index (χ1n) is 7.99. The minimum absolute atomic E-state index is 0.0526. The van der Waals surface area contributed by atoms with Gasteiger partial charge < -0.3 is 9.47 Å². The van der Waals surface area contributed by atoms with E-state index in [-0.39, 0.29) is 19.3 Å². The number of ether oxygens (including phenoxy) is 2. The summed E-state index contributed by atoms with van der Waals surface area (Å²) >= 11 is 1.59. The fraction of sp³-hybridized carbons (Fsp3) is 0.263. The molecular formula is C19H19NO4S. The lowest BCUT2D eigenvalue weighted by Gasteiger charge is -2.19. The second kappa shape index (κ2) is 8.58. The minimum atomic E-state index is -0.600. The van der Waals surface area contributed by atoms with Gasteiger partial charge >= 0.3 is 12.1 Å². The normalized spacial score (nSPS) is 16.6. The number of amides is 1. The lowest BCUT2D eigenvalue weighted by molar-refractivity contribution is -0.138. The lowest BCUT2D eigenvalue weighted by Crippen LogP contribution is -2.40. The molecule has 1 fully saturated rings. The molecular weight excluding hydrogens is 338 g/mol. The van der Waals surface area contributed by atoms with E-state index in [1.165, 1.54) is 10.5 Å². The van der Waals surface area contributed by atoms with Gasteiger partial charge in [-0.3, -0.25) is 4.90 Å². The predicted octanol–water partition coefficient (Wildman–Crippen LogP) is 3.44. The van der Waals surface area contributed by atoms with Crippen LogP contribution in [0, 0.1) is 0 Å². The number of esters is 1. The van der Waals surface area contributed by atoms with Gasteiger partial charge in [0, 0.05) is 11.5 Å². The van der Waals surface area contributed by atoms with Crippen molar-refractivity contribution in [2.75, 3.05) is 12.5 Å². The summed E-state index contributed by atoms with van der Waals surface area (Å²) in [5.41, 5.74) is 2.08. The first kappa shape index (κ1) is 17.4. The summed E-state index contributed by atoms with van der Waals surface area (Å²) in [4.78, 5) is 25.5. The van der Waals surface area contributed by atoms with Gasteiger partial charge in [0.2, 0.25) is 0 Å². The van der Waals surface area contributed by atoms with Gasteiger partial charge in [-0.05, 0) is 11.1 Å². The van der Waals surface area contributed by atoms with Gasteiger partial charge in [-0.25, -0.2) is 9.59 Å². The van der Waals surface area contributed by atoms with E-state index < -0.39 is 12.1 Å². The molecule has 0 saturated carbocycles. The van der Waals surface area contributed by atoms with Gasteiger partial charge in [0.15, 0.2) is 6.73 Å². The molecule has 1 aliphatic heterocycles. The van der Waals surface area contributed by atoms with Crippen LogP contribution in [0.25, 0.3) is 0 Å². The number of benzene rings is 2. The molecule has 0 unspecified atom stereocenters. The van der Waals surface area contributed by atoms with E-state index >= 15 is 0 Å². The average Bonchev–Trinajstić information content (AvgIpc) is 3.02. The Labute approximate surface area is 150 Å². The largest absolute Gasteiger partial charge is 0.444 e. The van der Waals surface area contributed by atoms with Crippen molar-refractivity contribution in [3.63, 3.8) is 0 Å². The maximum Gasteiger partial charge on any atom is 0.413 e. The topological polar surface area (TPSA) is 55.8 Å². The molecule has 2 aromatic carbocycles. The van der Waals surface area contributed by atoms with Gasteiger partial charge in [0.1, 0.15) is 12.6 Å². The van der Waals surface area contributed by atoms with Crippen LogP contribution in [0.15, 0.2) is 60.7 Å². The third kappa shape index (κ3) is 4.76. The van der Waals surface area contributed by atoms with E-state index in [2.05, 4.69) is 0 Å². The summed E-state index contributed by atoms with van der Waals surface area (Å²) in [7, 11) is 0. The van der Waals surface area contributed by atoms with Crippen LogP contribution < -0.4 is 0 Å². The Morgan fingerprint density at radius 3 is 2.40 bits per heavy atom. The van der Waals surface area contributed by atoms with Crippen LogP contribution in [-0.4, -0.2) is 35.5 Å². The highest BCUT2D eigenvalue weighted by atomic mass is 32.2. The number of carbonyl (C=O) groups excluding carboxylic acids is 2. The average molecular weight is 357 g/mol. The van der Waals surface area contributed by atoms with Crippen LogP contribution in [0.3, 0.4) is 0 Å². The zero-order chi connectivity index (χ0) is 17.5. The number of thioether (sulfide) groups is 1. The molecule has 0 aromatic heterocycles. The van der Waals surface area contributed by atoms with E-state index in [9.17, 15) is 9.59 Å². The molecule has 130 valence electrons. The van der Waals surface area contributed by atoms with Crippen molar-refractivity contribution >= 4 is 23.8 Å². The molecule has 1 atom stereocenters. The predicted molar refractivity (Wildman–Crippen MR) is 95.8 cm³/mol. The van der Waals surface area contributed by atoms with Crippen molar-refractivity contribution in [2.45, 2.75) is 18.4 Å². The second-order valence-corrected chi connectivity index (χ2v) is 6.65.